The Morgan fingerprint density at radius 3 is 2.38 bits per heavy atom. The van der Waals surface area contributed by atoms with Gasteiger partial charge in [-0.15, -0.1) is 0 Å². The lowest BCUT2D eigenvalue weighted by atomic mass is 10.1. The van der Waals surface area contributed by atoms with Gasteiger partial charge >= 0.3 is 0 Å². The van der Waals surface area contributed by atoms with E-state index in [1.54, 1.807) is 31.2 Å². The van der Waals surface area contributed by atoms with E-state index >= 15 is 0 Å². The molecule has 0 aromatic heterocycles. The summed E-state index contributed by atoms with van der Waals surface area (Å²) in [6, 6.07) is 9.43. The zero-order valence-electron chi connectivity index (χ0n) is 14.5. The van der Waals surface area contributed by atoms with Crippen LogP contribution in [-0.2, 0) is 4.79 Å². The maximum atomic E-state index is 13.2. The van der Waals surface area contributed by atoms with Gasteiger partial charge in [-0.25, -0.2) is 8.78 Å². The highest BCUT2D eigenvalue weighted by molar-refractivity contribution is 5.96. The number of carbonyl (C=O) groups excluding carboxylic acids is 2. The molecule has 0 spiro atoms. The molecular weight excluding hydrogens is 342 g/mol. The summed E-state index contributed by atoms with van der Waals surface area (Å²) in [5.74, 6) is -2.12. The lowest BCUT2D eigenvalue weighted by Crippen LogP contribution is -2.38. The molecule has 0 radical (unpaired) electrons. The molecular formula is C19H20F2N2O3. The third kappa shape index (κ3) is 5.27. The molecule has 0 fully saturated rings. The largest absolute Gasteiger partial charge is 0.494 e. The van der Waals surface area contributed by atoms with E-state index in [-0.39, 0.29) is 6.54 Å². The molecule has 26 heavy (non-hydrogen) atoms. The van der Waals surface area contributed by atoms with Gasteiger partial charge in [-0.3, -0.25) is 9.59 Å². The molecule has 7 heteroatoms. The number of hydrogen-bond acceptors (Lipinski definition) is 3. The summed E-state index contributed by atoms with van der Waals surface area (Å²) in [5, 5.41) is 5.11. The van der Waals surface area contributed by atoms with Crippen LogP contribution in [0, 0.1) is 11.6 Å². The van der Waals surface area contributed by atoms with Gasteiger partial charge in [0.05, 0.1) is 19.2 Å². The van der Waals surface area contributed by atoms with Crippen LogP contribution >= 0.6 is 0 Å². The Balaban J connectivity index is 1.85. The molecule has 0 aliphatic carbocycles. The summed E-state index contributed by atoms with van der Waals surface area (Å²) in [5.41, 5.74) is 0.824. The van der Waals surface area contributed by atoms with Crippen molar-refractivity contribution in [1.82, 2.24) is 10.6 Å². The van der Waals surface area contributed by atoms with Gasteiger partial charge in [0, 0.05) is 5.56 Å². The molecule has 2 N–H and O–H groups in total. The Kier molecular flexibility index (Phi) is 6.66. The van der Waals surface area contributed by atoms with Crippen LogP contribution in [0.25, 0.3) is 0 Å². The molecule has 0 bridgehead atoms. The second-order valence-electron chi connectivity index (χ2n) is 5.60. The normalized spacial score (nSPS) is 11.5. The molecule has 138 valence electrons. The fourth-order valence-corrected chi connectivity index (χ4v) is 2.29. The van der Waals surface area contributed by atoms with Crippen LogP contribution in [0.5, 0.6) is 5.75 Å². The quantitative estimate of drug-likeness (QED) is 0.796. The van der Waals surface area contributed by atoms with Crippen molar-refractivity contribution >= 4 is 11.8 Å². The van der Waals surface area contributed by atoms with Crippen molar-refractivity contribution in [3.63, 3.8) is 0 Å². The first-order chi connectivity index (χ1) is 12.4. The van der Waals surface area contributed by atoms with Crippen molar-refractivity contribution in [2.45, 2.75) is 19.9 Å². The van der Waals surface area contributed by atoms with Gasteiger partial charge in [0.2, 0.25) is 5.91 Å². The summed E-state index contributed by atoms with van der Waals surface area (Å²) in [6.07, 6.45) is 0. The molecule has 2 aromatic carbocycles. The predicted octanol–water partition coefficient (Wildman–Crippen LogP) is 2.97. The molecule has 2 amide bonds. The molecule has 0 saturated carbocycles. The van der Waals surface area contributed by atoms with Crippen molar-refractivity contribution in [2.24, 2.45) is 0 Å². The first kappa shape index (κ1) is 19.4. The Labute approximate surface area is 150 Å². The molecule has 1 atom stereocenters. The monoisotopic (exact) mass is 362 g/mol. The summed E-state index contributed by atoms with van der Waals surface area (Å²) in [4.78, 5) is 24.0. The highest BCUT2D eigenvalue weighted by Crippen LogP contribution is 2.16. The Hall–Kier alpha value is -2.96. The second kappa shape index (κ2) is 8.94. The van der Waals surface area contributed by atoms with Crippen LogP contribution < -0.4 is 15.4 Å². The van der Waals surface area contributed by atoms with E-state index < -0.39 is 29.5 Å². The number of hydrogen-bond donors (Lipinski definition) is 2. The van der Waals surface area contributed by atoms with Crippen LogP contribution in [0.3, 0.4) is 0 Å². The van der Waals surface area contributed by atoms with Crippen LogP contribution in [-0.4, -0.2) is 25.0 Å². The minimum absolute atomic E-state index is 0.236. The van der Waals surface area contributed by atoms with E-state index in [1.165, 1.54) is 6.07 Å². The number of benzene rings is 2. The second-order valence-corrected chi connectivity index (χ2v) is 5.60. The lowest BCUT2D eigenvalue weighted by Gasteiger charge is -2.15. The molecule has 1 unspecified atom stereocenters. The summed E-state index contributed by atoms with van der Waals surface area (Å²) >= 11 is 0. The van der Waals surface area contributed by atoms with Gasteiger partial charge in [0.1, 0.15) is 5.75 Å². The molecule has 0 saturated heterocycles. The van der Waals surface area contributed by atoms with E-state index in [4.69, 9.17) is 4.74 Å². The smallest absolute Gasteiger partial charge is 0.251 e. The average Bonchev–Trinajstić information content (AvgIpc) is 2.62. The van der Waals surface area contributed by atoms with Crippen LogP contribution in [0.4, 0.5) is 8.78 Å². The number of carbonyl (C=O) groups is 2. The maximum absolute atomic E-state index is 13.2. The average molecular weight is 362 g/mol. The van der Waals surface area contributed by atoms with Gasteiger partial charge in [-0.2, -0.15) is 0 Å². The van der Waals surface area contributed by atoms with Crippen molar-refractivity contribution in [1.29, 1.82) is 0 Å². The van der Waals surface area contributed by atoms with E-state index in [0.29, 0.717) is 23.5 Å². The highest BCUT2D eigenvalue weighted by atomic mass is 19.2. The van der Waals surface area contributed by atoms with Crippen LogP contribution in [0.15, 0.2) is 42.5 Å². The summed E-state index contributed by atoms with van der Waals surface area (Å²) < 4.78 is 31.5. The number of rotatable bonds is 7. The van der Waals surface area contributed by atoms with Crippen LogP contribution in [0.1, 0.15) is 35.8 Å². The number of ether oxygens (including phenoxy) is 1. The molecule has 5 nitrogen and oxygen atoms in total. The molecule has 2 aromatic rings. The summed E-state index contributed by atoms with van der Waals surface area (Å²) in [7, 11) is 0. The number of nitrogens with one attached hydrogen (secondary N) is 2. The van der Waals surface area contributed by atoms with Crippen LogP contribution in [0.2, 0.25) is 0 Å². The highest BCUT2D eigenvalue weighted by Gasteiger charge is 2.13. The Bertz CT molecular complexity index is 779. The number of halogens is 2. The topological polar surface area (TPSA) is 67.4 Å². The molecule has 0 aliphatic rings. The van der Waals surface area contributed by atoms with E-state index in [0.717, 1.165) is 12.1 Å². The lowest BCUT2D eigenvalue weighted by molar-refractivity contribution is -0.120. The minimum Gasteiger partial charge on any atom is -0.494 e. The summed E-state index contributed by atoms with van der Waals surface area (Å²) in [6.45, 7) is 3.79. The van der Waals surface area contributed by atoms with Crippen molar-refractivity contribution < 1.29 is 23.1 Å². The predicted molar refractivity (Wildman–Crippen MR) is 92.9 cm³/mol. The minimum atomic E-state index is -0.979. The van der Waals surface area contributed by atoms with Crippen molar-refractivity contribution in [3.05, 3.63) is 65.2 Å². The SMILES string of the molecule is CCOc1ccc(C(=O)NCC(=O)NC(C)c2ccc(F)c(F)c2)cc1. The third-order valence-electron chi connectivity index (χ3n) is 3.66. The third-order valence-corrected chi connectivity index (χ3v) is 3.66. The zero-order valence-corrected chi connectivity index (χ0v) is 14.5. The first-order valence-electron chi connectivity index (χ1n) is 8.16. The van der Waals surface area contributed by atoms with Crippen molar-refractivity contribution in [3.8, 4) is 5.75 Å². The fourth-order valence-electron chi connectivity index (χ4n) is 2.29. The standard InChI is InChI=1S/C19H20F2N2O3/c1-3-26-15-7-4-13(5-8-15)19(25)22-11-18(24)23-12(2)14-6-9-16(20)17(21)10-14/h4-10,12H,3,11H2,1-2H3,(H,22,25)(H,23,24). The molecule has 0 heterocycles. The fraction of sp³-hybridized carbons (Fsp3) is 0.263. The van der Waals surface area contributed by atoms with Gasteiger partial charge in [0.25, 0.3) is 5.91 Å². The Morgan fingerprint density at radius 2 is 1.77 bits per heavy atom. The maximum Gasteiger partial charge on any atom is 0.251 e. The molecule has 2 rings (SSSR count). The number of amides is 2. The van der Waals surface area contributed by atoms with E-state index in [9.17, 15) is 18.4 Å². The van der Waals surface area contributed by atoms with Gasteiger partial charge in [0.15, 0.2) is 11.6 Å². The first-order valence-corrected chi connectivity index (χ1v) is 8.16. The van der Waals surface area contributed by atoms with Gasteiger partial charge < -0.3 is 15.4 Å². The Morgan fingerprint density at radius 1 is 1.08 bits per heavy atom. The van der Waals surface area contributed by atoms with Crippen molar-refractivity contribution in [2.75, 3.05) is 13.2 Å². The zero-order chi connectivity index (χ0) is 19.1. The van der Waals surface area contributed by atoms with Gasteiger partial charge in [-0.1, -0.05) is 6.07 Å². The molecule has 0 aliphatic heterocycles. The van der Waals surface area contributed by atoms with Gasteiger partial charge in [-0.05, 0) is 55.8 Å². The van der Waals surface area contributed by atoms with E-state index in [2.05, 4.69) is 10.6 Å². The van der Waals surface area contributed by atoms with E-state index in [1.807, 2.05) is 6.92 Å².